The predicted octanol–water partition coefficient (Wildman–Crippen LogP) is 3.87. The Bertz CT molecular complexity index is 491. The first kappa shape index (κ1) is 17.8. The number of aliphatic imine (C=N–C) groups is 1. The number of nitrogens with one attached hydrogen (secondary N) is 1. The Kier molecular flexibility index (Phi) is 5.52. The molecule has 0 bridgehead atoms. The van der Waals surface area contributed by atoms with E-state index in [1.54, 1.807) is 0 Å². The molecule has 0 spiro atoms. The maximum Gasteiger partial charge on any atom is 0.194 e. The van der Waals surface area contributed by atoms with Gasteiger partial charge < -0.3 is 10.2 Å². The van der Waals surface area contributed by atoms with Crippen molar-refractivity contribution in [2.45, 2.75) is 46.7 Å². The summed E-state index contributed by atoms with van der Waals surface area (Å²) in [5.74, 6) is 1.01. The van der Waals surface area contributed by atoms with Crippen molar-refractivity contribution in [1.82, 2.24) is 10.2 Å². The van der Waals surface area contributed by atoms with Gasteiger partial charge in [-0.2, -0.15) is 0 Å². The van der Waals surface area contributed by atoms with E-state index in [-0.39, 0.29) is 29.5 Å². The summed E-state index contributed by atoms with van der Waals surface area (Å²) in [4.78, 5) is 9.51. The van der Waals surface area contributed by atoms with Crippen molar-refractivity contribution in [2.24, 2.45) is 10.4 Å². The molecule has 1 saturated heterocycles. The van der Waals surface area contributed by atoms with Crippen LogP contribution in [0.3, 0.4) is 0 Å². The second-order valence-electron chi connectivity index (χ2n) is 6.44. The fourth-order valence-electron chi connectivity index (χ4n) is 2.44. The van der Waals surface area contributed by atoms with E-state index < -0.39 is 0 Å². The maximum atomic E-state index is 4.43. The highest BCUT2D eigenvalue weighted by Gasteiger charge is 2.53. The first-order valence-corrected chi connectivity index (χ1v) is 7.63. The molecule has 1 fully saturated rings. The van der Waals surface area contributed by atoms with E-state index in [9.17, 15) is 0 Å². The van der Waals surface area contributed by atoms with Gasteiger partial charge in [0.25, 0.3) is 0 Å². The maximum absolute atomic E-state index is 4.43. The van der Waals surface area contributed by atoms with E-state index >= 15 is 0 Å². The zero-order chi connectivity index (χ0) is 14.3. The van der Waals surface area contributed by atoms with Gasteiger partial charge in [0.15, 0.2) is 5.96 Å². The molecule has 0 atom stereocenters. The second-order valence-corrected chi connectivity index (χ2v) is 7.81. The molecule has 20 heavy (non-hydrogen) atoms. The van der Waals surface area contributed by atoms with Gasteiger partial charge in [0.2, 0.25) is 0 Å². The fraction of sp³-hybridized carbons (Fsp3) is 0.667. The number of aryl methyl sites for hydroxylation is 1. The zero-order valence-corrected chi connectivity index (χ0v) is 16.4. The van der Waals surface area contributed by atoms with Crippen LogP contribution in [-0.4, -0.2) is 30.0 Å². The third-order valence-corrected chi connectivity index (χ3v) is 5.57. The molecule has 1 N–H and O–H groups in total. The molecule has 1 aliphatic rings. The van der Waals surface area contributed by atoms with Crippen molar-refractivity contribution in [2.75, 3.05) is 13.6 Å². The Hall–Kier alpha value is -0.300. The summed E-state index contributed by atoms with van der Waals surface area (Å²) in [5, 5.41) is 3.48. The molecule has 0 saturated carbocycles. The first-order valence-electron chi connectivity index (χ1n) is 6.81. The number of nitrogens with zero attached hydrogens (tertiary/aromatic N) is 2. The molecule has 0 aromatic carbocycles. The Labute approximate surface area is 143 Å². The Morgan fingerprint density at radius 2 is 2.00 bits per heavy atom. The van der Waals surface area contributed by atoms with Crippen LogP contribution in [0.5, 0.6) is 0 Å². The molecule has 3 nitrogen and oxygen atoms in total. The molecule has 0 radical (unpaired) electrons. The van der Waals surface area contributed by atoms with Crippen LogP contribution in [0, 0.1) is 12.3 Å². The smallest absolute Gasteiger partial charge is 0.194 e. The topological polar surface area (TPSA) is 27.6 Å². The van der Waals surface area contributed by atoms with Crippen molar-refractivity contribution >= 4 is 41.3 Å². The number of hydrogen-bond donors (Lipinski definition) is 1. The number of guanidine groups is 1. The Balaban J connectivity index is 0.00000200. The van der Waals surface area contributed by atoms with E-state index in [1.807, 2.05) is 18.4 Å². The van der Waals surface area contributed by atoms with Gasteiger partial charge in [0.05, 0.1) is 6.54 Å². The van der Waals surface area contributed by atoms with Gasteiger partial charge in [-0.1, -0.05) is 13.8 Å². The monoisotopic (exact) mass is 407 g/mol. The molecule has 0 unspecified atom stereocenters. The highest BCUT2D eigenvalue weighted by Crippen LogP contribution is 2.46. The van der Waals surface area contributed by atoms with Crippen molar-refractivity contribution in [1.29, 1.82) is 0 Å². The van der Waals surface area contributed by atoms with Crippen molar-refractivity contribution in [3.05, 3.63) is 21.9 Å². The first-order chi connectivity index (χ1) is 8.78. The van der Waals surface area contributed by atoms with Crippen LogP contribution in [0.4, 0.5) is 0 Å². The third kappa shape index (κ3) is 3.13. The fourth-order valence-corrected chi connectivity index (χ4v) is 3.27. The van der Waals surface area contributed by atoms with Crippen LogP contribution in [-0.2, 0) is 6.54 Å². The van der Waals surface area contributed by atoms with Crippen molar-refractivity contribution < 1.29 is 0 Å². The van der Waals surface area contributed by atoms with Gasteiger partial charge in [-0.3, -0.25) is 4.99 Å². The summed E-state index contributed by atoms with van der Waals surface area (Å²) in [6, 6.07) is 4.35. The minimum atomic E-state index is 0. The highest BCUT2D eigenvalue weighted by molar-refractivity contribution is 14.0. The number of likely N-dealkylation sites (tertiary alicyclic amines) is 1. The average Bonchev–Trinajstić information content (AvgIpc) is 2.74. The van der Waals surface area contributed by atoms with Crippen molar-refractivity contribution in [3.8, 4) is 0 Å². The molecule has 1 aliphatic heterocycles. The standard InChI is InChI=1S/C15H25N3S.HI/c1-11-7-8-12(19-11)9-17-13(16-6)18-10-14(2,3)15(18,4)5;/h7-8H,9-10H2,1-6H3,(H,16,17);1H. The van der Waals surface area contributed by atoms with Crippen LogP contribution in [0.2, 0.25) is 0 Å². The SMILES string of the molecule is CN=C(NCc1ccc(C)s1)N1CC(C)(C)C1(C)C.I. The summed E-state index contributed by atoms with van der Waals surface area (Å²) in [5.41, 5.74) is 0.490. The highest BCUT2D eigenvalue weighted by atomic mass is 127. The van der Waals surface area contributed by atoms with Gasteiger partial charge in [-0.25, -0.2) is 0 Å². The van der Waals surface area contributed by atoms with Gasteiger partial charge >= 0.3 is 0 Å². The van der Waals surface area contributed by atoms with Crippen LogP contribution in [0.1, 0.15) is 37.4 Å². The molecular weight excluding hydrogens is 381 g/mol. The van der Waals surface area contributed by atoms with E-state index in [4.69, 9.17) is 0 Å². The summed E-state index contributed by atoms with van der Waals surface area (Å²) < 4.78 is 0. The Morgan fingerprint density at radius 1 is 1.35 bits per heavy atom. The molecule has 5 heteroatoms. The van der Waals surface area contributed by atoms with E-state index in [0.29, 0.717) is 5.41 Å². The number of halogens is 1. The quantitative estimate of drug-likeness (QED) is 0.458. The Morgan fingerprint density at radius 3 is 2.40 bits per heavy atom. The molecule has 2 heterocycles. The largest absolute Gasteiger partial charge is 0.351 e. The van der Waals surface area contributed by atoms with E-state index in [2.05, 4.69) is 62.0 Å². The molecule has 1 aromatic rings. The lowest BCUT2D eigenvalue weighted by molar-refractivity contribution is -0.0667. The van der Waals surface area contributed by atoms with Gasteiger partial charge in [0, 0.05) is 34.3 Å². The lowest BCUT2D eigenvalue weighted by Gasteiger charge is -2.62. The number of thiophene rings is 1. The molecular formula is C15H26IN3S. The average molecular weight is 407 g/mol. The predicted molar refractivity (Wildman–Crippen MR) is 99.2 cm³/mol. The van der Waals surface area contributed by atoms with Gasteiger partial charge in [-0.05, 0) is 32.9 Å². The van der Waals surface area contributed by atoms with Gasteiger partial charge in [-0.15, -0.1) is 35.3 Å². The zero-order valence-electron chi connectivity index (χ0n) is 13.3. The molecule has 0 amide bonds. The second kappa shape index (κ2) is 6.22. The number of rotatable bonds is 2. The summed E-state index contributed by atoms with van der Waals surface area (Å²) >= 11 is 1.84. The van der Waals surface area contributed by atoms with E-state index in [1.165, 1.54) is 9.75 Å². The van der Waals surface area contributed by atoms with E-state index in [0.717, 1.165) is 19.0 Å². The van der Waals surface area contributed by atoms with Gasteiger partial charge in [0.1, 0.15) is 0 Å². The molecule has 0 aliphatic carbocycles. The lowest BCUT2D eigenvalue weighted by Crippen LogP contribution is -2.72. The van der Waals surface area contributed by atoms with Crippen LogP contribution >= 0.6 is 35.3 Å². The normalized spacial score (nSPS) is 20.1. The van der Waals surface area contributed by atoms with Crippen LogP contribution in [0.25, 0.3) is 0 Å². The summed E-state index contributed by atoms with van der Waals surface area (Å²) in [6.07, 6.45) is 0. The van der Waals surface area contributed by atoms with Crippen LogP contribution < -0.4 is 5.32 Å². The molecule has 114 valence electrons. The van der Waals surface area contributed by atoms with Crippen molar-refractivity contribution in [3.63, 3.8) is 0 Å². The van der Waals surface area contributed by atoms with Crippen LogP contribution in [0.15, 0.2) is 17.1 Å². The lowest BCUT2D eigenvalue weighted by atomic mass is 9.65. The summed E-state index contributed by atoms with van der Waals surface area (Å²) in [6.45, 7) is 13.3. The number of hydrogen-bond acceptors (Lipinski definition) is 2. The summed E-state index contributed by atoms with van der Waals surface area (Å²) in [7, 11) is 1.86. The molecule has 1 aromatic heterocycles. The third-order valence-electron chi connectivity index (χ3n) is 4.57. The minimum Gasteiger partial charge on any atom is -0.351 e. The minimum absolute atomic E-state index is 0. The molecule has 2 rings (SSSR count).